The quantitative estimate of drug-likeness (QED) is 0.486. The van der Waals surface area contributed by atoms with E-state index in [4.69, 9.17) is 14.2 Å². The molecule has 1 aliphatic heterocycles. The SMILES string of the molecule is CC(C)Oc1ccc(C[NH2+]CC[C@H](Cc2ccccc2)c2ccc3c(c2)OCO3)cc1. The second-order valence-corrected chi connectivity index (χ2v) is 8.38. The zero-order valence-corrected chi connectivity index (χ0v) is 18.4. The molecule has 0 aromatic heterocycles. The summed E-state index contributed by atoms with van der Waals surface area (Å²) in [5.74, 6) is 3.08. The van der Waals surface area contributed by atoms with E-state index in [1.54, 1.807) is 0 Å². The highest BCUT2D eigenvalue weighted by atomic mass is 16.7. The van der Waals surface area contributed by atoms with Crippen LogP contribution in [0.4, 0.5) is 0 Å². The second kappa shape index (κ2) is 10.4. The van der Waals surface area contributed by atoms with E-state index in [0.29, 0.717) is 12.7 Å². The van der Waals surface area contributed by atoms with E-state index in [9.17, 15) is 0 Å². The first kappa shape index (κ1) is 21.3. The first-order valence-corrected chi connectivity index (χ1v) is 11.2. The lowest BCUT2D eigenvalue weighted by atomic mass is 9.89. The third-order valence-electron chi connectivity index (χ3n) is 5.59. The number of quaternary nitrogens is 1. The Balaban J connectivity index is 1.36. The van der Waals surface area contributed by atoms with Crippen molar-refractivity contribution in [2.75, 3.05) is 13.3 Å². The third-order valence-corrected chi connectivity index (χ3v) is 5.59. The number of hydrogen-bond acceptors (Lipinski definition) is 3. The smallest absolute Gasteiger partial charge is 0.231 e. The number of hydrogen-bond donors (Lipinski definition) is 1. The average molecular weight is 419 g/mol. The van der Waals surface area contributed by atoms with Crippen molar-refractivity contribution in [3.05, 3.63) is 89.5 Å². The van der Waals surface area contributed by atoms with Gasteiger partial charge in [-0.3, -0.25) is 0 Å². The molecule has 3 aromatic carbocycles. The fourth-order valence-corrected chi connectivity index (χ4v) is 4.02. The summed E-state index contributed by atoms with van der Waals surface area (Å²) in [6.07, 6.45) is 2.33. The highest BCUT2D eigenvalue weighted by Gasteiger charge is 2.19. The van der Waals surface area contributed by atoms with Crippen molar-refractivity contribution < 1.29 is 19.5 Å². The summed E-state index contributed by atoms with van der Waals surface area (Å²) in [6.45, 7) is 6.45. The molecule has 1 aliphatic rings. The third kappa shape index (κ3) is 6.02. The molecule has 0 bridgehead atoms. The van der Waals surface area contributed by atoms with E-state index in [1.165, 1.54) is 16.7 Å². The monoisotopic (exact) mass is 418 g/mol. The second-order valence-electron chi connectivity index (χ2n) is 8.38. The molecule has 3 aromatic rings. The Bertz CT molecular complexity index is 954. The summed E-state index contributed by atoms with van der Waals surface area (Å²) in [5.41, 5.74) is 4.00. The zero-order chi connectivity index (χ0) is 21.5. The van der Waals surface area contributed by atoms with Crippen LogP contribution in [-0.2, 0) is 13.0 Å². The fourth-order valence-electron chi connectivity index (χ4n) is 4.02. The van der Waals surface area contributed by atoms with Crippen molar-refractivity contribution in [1.82, 2.24) is 0 Å². The number of fused-ring (bicyclic) bond motifs is 1. The lowest BCUT2D eigenvalue weighted by Crippen LogP contribution is -2.82. The molecule has 162 valence electrons. The van der Waals surface area contributed by atoms with Crippen LogP contribution in [0, 0.1) is 0 Å². The molecule has 0 aliphatic carbocycles. The number of nitrogens with two attached hydrogens (primary N) is 1. The van der Waals surface area contributed by atoms with E-state index in [0.717, 1.165) is 43.2 Å². The van der Waals surface area contributed by atoms with Gasteiger partial charge in [0.2, 0.25) is 6.79 Å². The largest absolute Gasteiger partial charge is 0.491 e. The van der Waals surface area contributed by atoms with Gasteiger partial charge >= 0.3 is 0 Å². The summed E-state index contributed by atoms with van der Waals surface area (Å²) >= 11 is 0. The molecule has 1 atom stereocenters. The first-order chi connectivity index (χ1) is 15.2. The first-order valence-electron chi connectivity index (χ1n) is 11.2. The van der Waals surface area contributed by atoms with Crippen molar-refractivity contribution >= 4 is 0 Å². The van der Waals surface area contributed by atoms with Gasteiger partial charge in [-0.05, 0) is 73.7 Å². The van der Waals surface area contributed by atoms with Crippen LogP contribution in [0.15, 0.2) is 72.8 Å². The van der Waals surface area contributed by atoms with Crippen molar-refractivity contribution in [2.45, 2.75) is 45.3 Å². The molecule has 0 saturated carbocycles. The lowest BCUT2D eigenvalue weighted by molar-refractivity contribution is -0.671. The summed E-state index contributed by atoms with van der Waals surface area (Å²) in [6, 6.07) is 25.6. The van der Waals surface area contributed by atoms with E-state index in [2.05, 4.69) is 72.0 Å². The molecule has 4 rings (SSSR count). The van der Waals surface area contributed by atoms with Crippen molar-refractivity contribution in [2.24, 2.45) is 0 Å². The minimum atomic E-state index is 0.204. The number of rotatable bonds is 10. The molecule has 0 saturated heterocycles. The van der Waals surface area contributed by atoms with E-state index in [-0.39, 0.29) is 6.10 Å². The van der Waals surface area contributed by atoms with Crippen LogP contribution in [0.5, 0.6) is 17.2 Å². The van der Waals surface area contributed by atoms with Crippen LogP contribution >= 0.6 is 0 Å². The summed E-state index contributed by atoms with van der Waals surface area (Å²) < 4.78 is 16.8. The molecular weight excluding hydrogens is 386 g/mol. The van der Waals surface area contributed by atoms with Gasteiger partial charge in [0.05, 0.1) is 12.6 Å². The number of benzene rings is 3. The van der Waals surface area contributed by atoms with Gasteiger partial charge in [-0.15, -0.1) is 0 Å². The average Bonchev–Trinajstić information content (AvgIpc) is 3.25. The molecular formula is C27H32NO3+. The van der Waals surface area contributed by atoms with Crippen LogP contribution in [0.2, 0.25) is 0 Å². The molecule has 4 nitrogen and oxygen atoms in total. The molecule has 0 spiro atoms. The fraction of sp³-hybridized carbons (Fsp3) is 0.333. The molecule has 0 unspecified atom stereocenters. The maximum absolute atomic E-state index is 5.73. The van der Waals surface area contributed by atoms with E-state index >= 15 is 0 Å². The van der Waals surface area contributed by atoms with Crippen LogP contribution in [-0.4, -0.2) is 19.4 Å². The normalized spacial score (nSPS) is 13.4. The minimum absolute atomic E-state index is 0.204. The molecule has 0 amide bonds. The topological polar surface area (TPSA) is 44.3 Å². The Hall–Kier alpha value is -2.98. The lowest BCUT2D eigenvalue weighted by Gasteiger charge is -2.18. The maximum Gasteiger partial charge on any atom is 0.231 e. The molecule has 0 radical (unpaired) electrons. The van der Waals surface area contributed by atoms with Crippen molar-refractivity contribution in [1.29, 1.82) is 0 Å². The molecule has 31 heavy (non-hydrogen) atoms. The van der Waals surface area contributed by atoms with E-state index in [1.807, 2.05) is 19.9 Å². The Morgan fingerprint density at radius 1 is 0.871 bits per heavy atom. The van der Waals surface area contributed by atoms with Gasteiger partial charge in [0, 0.05) is 12.0 Å². The maximum atomic E-state index is 5.73. The Kier molecular flexibility index (Phi) is 7.11. The standard InChI is InChI=1S/C27H31NO3/c1-20(2)31-25-11-8-22(9-12-25)18-28-15-14-24(16-21-6-4-3-5-7-21)23-10-13-26-27(17-23)30-19-29-26/h3-13,17,20,24,28H,14-16,18-19H2,1-2H3/p+1/t24-/m1/s1. The van der Waals surface area contributed by atoms with E-state index < -0.39 is 0 Å². The van der Waals surface area contributed by atoms with Crippen LogP contribution < -0.4 is 19.5 Å². The van der Waals surface area contributed by atoms with Crippen molar-refractivity contribution in [3.8, 4) is 17.2 Å². The zero-order valence-electron chi connectivity index (χ0n) is 18.4. The minimum Gasteiger partial charge on any atom is -0.491 e. The molecule has 4 heteroatoms. The predicted octanol–water partition coefficient (Wildman–Crippen LogP) is 4.68. The highest BCUT2D eigenvalue weighted by molar-refractivity contribution is 5.45. The van der Waals surface area contributed by atoms with Gasteiger partial charge in [-0.2, -0.15) is 0 Å². The number of ether oxygens (including phenoxy) is 3. The summed E-state index contributed by atoms with van der Waals surface area (Å²) in [4.78, 5) is 0. The van der Waals surface area contributed by atoms with Gasteiger partial charge in [0.25, 0.3) is 0 Å². The van der Waals surface area contributed by atoms with Gasteiger partial charge in [0.1, 0.15) is 12.3 Å². The van der Waals surface area contributed by atoms with Crippen molar-refractivity contribution in [3.63, 3.8) is 0 Å². The van der Waals surface area contributed by atoms with Crippen LogP contribution in [0.25, 0.3) is 0 Å². The van der Waals surface area contributed by atoms with Crippen LogP contribution in [0.1, 0.15) is 42.9 Å². The molecule has 0 fully saturated rings. The predicted molar refractivity (Wildman–Crippen MR) is 123 cm³/mol. The molecule has 1 heterocycles. The van der Waals surface area contributed by atoms with Gasteiger partial charge in [-0.25, -0.2) is 0 Å². The Morgan fingerprint density at radius 2 is 1.65 bits per heavy atom. The van der Waals surface area contributed by atoms with Gasteiger partial charge < -0.3 is 19.5 Å². The van der Waals surface area contributed by atoms with Gasteiger partial charge in [-0.1, -0.05) is 36.4 Å². The van der Waals surface area contributed by atoms with Crippen LogP contribution in [0.3, 0.4) is 0 Å². The van der Waals surface area contributed by atoms with Gasteiger partial charge in [0.15, 0.2) is 11.5 Å². The Labute approximate surface area is 185 Å². The summed E-state index contributed by atoms with van der Waals surface area (Å²) in [5, 5.41) is 2.39. The summed E-state index contributed by atoms with van der Waals surface area (Å²) in [7, 11) is 0. The highest BCUT2D eigenvalue weighted by Crippen LogP contribution is 2.36. The Morgan fingerprint density at radius 3 is 2.42 bits per heavy atom. The molecule has 2 N–H and O–H groups in total.